The highest BCUT2D eigenvalue weighted by atomic mass is 19.1. The lowest BCUT2D eigenvalue weighted by molar-refractivity contribution is 0.0563. The number of anilines is 1. The zero-order valence-electron chi connectivity index (χ0n) is 15.5. The van der Waals surface area contributed by atoms with E-state index in [0.29, 0.717) is 18.6 Å². The van der Waals surface area contributed by atoms with Crippen molar-refractivity contribution < 1.29 is 9.50 Å². The summed E-state index contributed by atoms with van der Waals surface area (Å²) in [6.07, 6.45) is 2.43. The Kier molecular flexibility index (Phi) is 4.81. The van der Waals surface area contributed by atoms with Crippen LogP contribution in [0.3, 0.4) is 0 Å². The molecular formula is C22H24FN3O. The second-order valence-corrected chi connectivity index (χ2v) is 7.52. The van der Waals surface area contributed by atoms with Crippen molar-refractivity contribution in [3.63, 3.8) is 0 Å². The number of hydrogen-bond donors (Lipinski definition) is 1. The highest BCUT2D eigenvalue weighted by Gasteiger charge is 2.37. The molecule has 0 amide bonds. The maximum atomic E-state index is 13.5. The number of aromatic nitrogens is 1. The average molecular weight is 365 g/mol. The minimum Gasteiger partial charge on any atom is -0.387 e. The standard InChI is InChI=1S/C22H24FN3O/c1-25(21-9-11-24-20-13-18(23)7-8-19(20)21)15-22(27)10-12-26(16-22)14-17-5-3-2-4-6-17/h2-9,11,13,27H,10,12,14-16H2,1H3. The predicted molar refractivity (Wildman–Crippen MR) is 106 cm³/mol. The Labute approximate surface area is 158 Å². The molecule has 4 rings (SSSR count). The molecule has 5 heteroatoms. The molecule has 0 bridgehead atoms. The lowest BCUT2D eigenvalue weighted by Gasteiger charge is -2.31. The van der Waals surface area contributed by atoms with Crippen LogP contribution in [0.15, 0.2) is 60.8 Å². The third-order valence-electron chi connectivity index (χ3n) is 5.28. The van der Waals surface area contributed by atoms with Crippen LogP contribution in [-0.2, 0) is 6.54 Å². The molecule has 1 unspecified atom stereocenters. The number of aliphatic hydroxyl groups is 1. The van der Waals surface area contributed by atoms with Gasteiger partial charge < -0.3 is 10.0 Å². The highest BCUT2D eigenvalue weighted by molar-refractivity contribution is 5.91. The average Bonchev–Trinajstić information content (AvgIpc) is 3.02. The molecular weight excluding hydrogens is 341 g/mol. The van der Waals surface area contributed by atoms with E-state index in [-0.39, 0.29) is 5.82 Å². The van der Waals surface area contributed by atoms with Gasteiger partial charge in [-0.15, -0.1) is 0 Å². The van der Waals surface area contributed by atoms with Gasteiger partial charge in [0.1, 0.15) is 5.82 Å². The molecule has 1 aromatic heterocycles. The van der Waals surface area contributed by atoms with E-state index in [9.17, 15) is 9.50 Å². The molecule has 0 radical (unpaired) electrons. The van der Waals surface area contributed by atoms with Crippen LogP contribution in [0.2, 0.25) is 0 Å². The minimum atomic E-state index is -0.765. The number of pyridine rings is 1. The van der Waals surface area contributed by atoms with E-state index in [1.807, 2.05) is 36.2 Å². The van der Waals surface area contributed by atoms with Gasteiger partial charge in [-0.2, -0.15) is 0 Å². The lowest BCUT2D eigenvalue weighted by atomic mass is 10.0. The molecule has 27 heavy (non-hydrogen) atoms. The van der Waals surface area contributed by atoms with E-state index in [1.54, 1.807) is 12.3 Å². The Morgan fingerprint density at radius 2 is 2.00 bits per heavy atom. The molecule has 3 aromatic rings. The Balaban J connectivity index is 1.47. The lowest BCUT2D eigenvalue weighted by Crippen LogP contribution is -2.43. The predicted octanol–water partition coefficient (Wildman–Crippen LogP) is 3.45. The van der Waals surface area contributed by atoms with Crippen molar-refractivity contribution in [2.24, 2.45) is 0 Å². The smallest absolute Gasteiger partial charge is 0.125 e. The number of nitrogens with zero attached hydrogens (tertiary/aromatic N) is 3. The van der Waals surface area contributed by atoms with Gasteiger partial charge in [-0.05, 0) is 30.2 Å². The van der Waals surface area contributed by atoms with Crippen LogP contribution in [0.25, 0.3) is 10.9 Å². The molecule has 4 nitrogen and oxygen atoms in total. The second kappa shape index (κ2) is 7.25. The van der Waals surface area contributed by atoms with E-state index in [0.717, 1.165) is 30.6 Å². The Hall–Kier alpha value is -2.50. The van der Waals surface area contributed by atoms with Crippen molar-refractivity contribution in [1.29, 1.82) is 0 Å². The number of rotatable bonds is 5. The monoisotopic (exact) mass is 365 g/mol. The van der Waals surface area contributed by atoms with Crippen molar-refractivity contribution >= 4 is 16.6 Å². The second-order valence-electron chi connectivity index (χ2n) is 7.52. The third-order valence-corrected chi connectivity index (χ3v) is 5.28. The van der Waals surface area contributed by atoms with Crippen molar-refractivity contribution in [2.45, 2.75) is 18.6 Å². The summed E-state index contributed by atoms with van der Waals surface area (Å²) in [5.41, 5.74) is 2.08. The number of β-amino-alcohol motifs (C(OH)–C–C–N with tert-alkyl or cyclic N) is 1. The quantitative estimate of drug-likeness (QED) is 0.752. The van der Waals surface area contributed by atoms with Crippen molar-refractivity contribution in [2.75, 3.05) is 31.6 Å². The fraction of sp³-hybridized carbons (Fsp3) is 0.318. The van der Waals surface area contributed by atoms with E-state index in [4.69, 9.17) is 0 Å². The van der Waals surface area contributed by atoms with Crippen molar-refractivity contribution in [3.05, 3.63) is 72.2 Å². The fourth-order valence-corrected chi connectivity index (χ4v) is 4.01. The summed E-state index contributed by atoms with van der Waals surface area (Å²) >= 11 is 0. The maximum absolute atomic E-state index is 13.5. The summed E-state index contributed by atoms with van der Waals surface area (Å²) in [6.45, 7) is 2.89. The molecule has 2 aromatic carbocycles. The zero-order chi connectivity index (χ0) is 18.9. The van der Waals surface area contributed by atoms with E-state index in [2.05, 4.69) is 22.0 Å². The van der Waals surface area contributed by atoms with Gasteiger partial charge in [0.15, 0.2) is 0 Å². The van der Waals surface area contributed by atoms with Crippen LogP contribution >= 0.6 is 0 Å². The highest BCUT2D eigenvalue weighted by Crippen LogP contribution is 2.29. The number of fused-ring (bicyclic) bond motifs is 1. The molecule has 1 saturated heterocycles. The van der Waals surface area contributed by atoms with Gasteiger partial charge in [0, 0.05) is 56.6 Å². The van der Waals surface area contributed by atoms with Crippen LogP contribution < -0.4 is 4.90 Å². The Bertz CT molecular complexity index is 933. The fourth-order valence-electron chi connectivity index (χ4n) is 4.01. The minimum absolute atomic E-state index is 0.291. The summed E-state index contributed by atoms with van der Waals surface area (Å²) in [5, 5.41) is 12.0. The molecule has 2 heterocycles. The zero-order valence-corrected chi connectivity index (χ0v) is 15.5. The van der Waals surface area contributed by atoms with Crippen LogP contribution in [0.5, 0.6) is 0 Å². The van der Waals surface area contributed by atoms with Gasteiger partial charge in [0.2, 0.25) is 0 Å². The number of likely N-dealkylation sites (N-methyl/N-ethyl adjacent to an activating group) is 1. The normalized spacial score (nSPS) is 20.3. The Morgan fingerprint density at radius 3 is 2.81 bits per heavy atom. The van der Waals surface area contributed by atoms with Gasteiger partial charge >= 0.3 is 0 Å². The number of halogens is 1. The first-order valence-electron chi connectivity index (χ1n) is 9.27. The summed E-state index contributed by atoms with van der Waals surface area (Å²) in [4.78, 5) is 8.60. The number of benzene rings is 2. The summed E-state index contributed by atoms with van der Waals surface area (Å²) in [7, 11) is 1.97. The molecule has 1 aliphatic rings. The van der Waals surface area contributed by atoms with Gasteiger partial charge in [-0.25, -0.2) is 4.39 Å². The molecule has 0 saturated carbocycles. The summed E-state index contributed by atoms with van der Waals surface area (Å²) in [5.74, 6) is -0.291. The molecule has 1 atom stereocenters. The topological polar surface area (TPSA) is 39.6 Å². The molecule has 0 aliphatic carbocycles. The van der Waals surface area contributed by atoms with Crippen LogP contribution in [-0.4, -0.2) is 47.3 Å². The molecule has 1 aliphatic heterocycles. The van der Waals surface area contributed by atoms with Crippen molar-refractivity contribution in [3.8, 4) is 0 Å². The van der Waals surface area contributed by atoms with Crippen molar-refractivity contribution in [1.82, 2.24) is 9.88 Å². The molecule has 1 fully saturated rings. The van der Waals surface area contributed by atoms with Crippen LogP contribution in [0, 0.1) is 5.82 Å². The first-order valence-corrected chi connectivity index (χ1v) is 9.27. The molecule has 140 valence electrons. The van der Waals surface area contributed by atoms with Crippen LogP contribution in [0.1, 0.15) is 12.0 Å². The third kappa shape index (κ3) is 3.94. The van der Waals surface area contributed by atoms with Gasteiger partial charge in [0.05, 0.1) is 11.1 Å². The van der Waals surface area contributed by atoms with Gasteiger partial charge in [0.25, 0.3) is 0 Å². The first kappa shape index (κ1) is 17.9. The van der Waals surface area contributed by atoms with E-state index in [1.165, 1.54) is 17.7 Å². The molecule has 1 N–H and O–H groups in total. The maximum Gasteiger partial charge on any atom is 0.125 e. The SMILES string of the molecule is CN(CC1(O)CCN(Cc2ccccc2)C1)c1ccnc2cc(F)ccc12. The Morgan fingerprint density at radius 1 is 1.19 bits per heavy atom. The van der Waals surface area contributed by atoms with Gasteiger partial charge in [-0.1, -0.05) is 30.3 Å². The van der Waals surface area contributed by atoms with E-state index >= 15 is 0 Å². The summed E-state index contributed by atoms with van der Waals surface area (Å²) < 4.78 is 13.5. The molecule has 0 spiro atoms. The van der Waals surface area contributed by atoms with E-state index < -0.39 is 5.60 Å². The number of likely N-dealkylation sites (tertiary alicyclic amines) is 1. The summed E-state index contributed by atoms with van der Waals surface area (Å²) in [6, 6.07) is 16.9. The van der Waals surface area contributed by atoms with Crippen LogP contribution in [0.4, 0.5) is 10.1 Å². The first-order chi connectivity index (χ1) is 13.0. The van der Waals surface area contributed by atoms with Gasteiger partial charge in [-0.3, -0.25) is 9.88 Å². The largest absolute Gasteiger partial charge is 0.387 e. The number of hydrogen-bond acceptors (Lipinski definition) is 4.